The molecule has 0 amide bonds. The maximum atomic E-state index is 5.67. The van der Waals surface area contributed by atoms with Gasteiger partial charge in [-0.25, -0.2) is 4.68 Å². The Morgan fingerprint density at radius 2 is 2.05 bits per heavy atom. The molecule has 0 atom stereocenters. The van der Waals surface area contributed by atoms with Gasteiger partial charge in [-0.2, -0.15) is 0 Å². The summed E-state index contributed by atoms with van der Waals surface area (Å²) in [6.07, 6.45) is 1.74. The lowest BCUT2D eigenvalue weighted by Crippen LogP contribution is -1.99. The zero-order valence-corrected chi connectivity index (χ0v) is 12.8. The van der Waals surface area contributed by atoms with Crippen molar-refractivity contribution in [2.24, 2.45) is 0 Å². The first-order valence-electron chi connectivity index (χ1n) is 6.65. The van der Waals surface area contributed by atoms with Gasteiger partial charge in [-0.1, -0.05) is 35.5 Å². The molecule has 0 aliphatic heterocycles. The van der Waals surface area contributed by atoms with E-state index in [1.807, 2.05) is 31.2 Å². The van der Waals surface area contributed by atoms with Crippen molar-refractivity contribution in [1.29, 1.82) is 0 Å². The predicted octanol–water partition coefficient (Wildman–Crippen LogP) is 2.51. The minimum Gasteiger partial charge on any atom is -0.420 e. The van der Waals surface area contributed by atoms with Crippen molar-refractivity contribution < 1.29 is 4.42 Å². The molecule has 0 saturated heterocycles. The number of hydrogen-bond acceptors (Lipinski definition) is 7. The van der Waals surface area contributed by atoms with Crippen LogP contribution in [0, 0.1) is 6.92 Å². The third-order valence-corrected chi connectivity index (χ3v) is 3.83. The number of aromatic nitrogens is 6. The van der Waals surface area contributed by atoms with E-state index in [2.05, 4.69) is 32.3 Å². The summed E-state index contributed by atoms with van der Waals surface area (Å²) in [7, 11) is 0. The number of nitrogens with zero attached hydrogens (tertiary/aromatic N) is 6. The van der Waals surface area contributed by atoms with Crippen molar-refractivity contribution >= 4 is 11.8 Å². The molecule has 2 heterocycles. The van der Waals surface area contributed by atoms with Crippen LogP contribution in [0.5, 0.6) is 0 Å². The number of rotatable bonds is 6. The van der Waals surface area contributed by atoms with Crippen molar-refractivity contribution in [1.82, 2.24) is 30.4 Å². The molecular formula is C14H14N6OS. The first-order valence-corrected chi connectivity index (χ1v) is 7.64. The SMILES string of the molecule is C=CCn1nnnc1SCc1nnc(-c2ccc(C)cc2)o1. The summed E-state index contributed by atoms with van der Waals surface area (Å²) in [6, 6.07) is 7.95. The summed E-state index contributed by atoms with van der Waals surface area (Å²) in [4.78, 5) is 0. The monoisotopic (exact) mass is 314 g/mol. The van der Waals surface area contributed by atoms with Gasteiger partial charge in [0.15, 0.2) is 0 Å². The van der Waals surface area contributed by atoms with Gasteiger partial charge in [0.05, 0.1) is 12.3 Å². The van der Waals surface area contributed by atoms with E-state index in [0.717, 1.165) is 5.56 Å². The fourth-order valence-electron chi connectivity index (χ4n) is 1.79. The van der Waals surface area contributed by atoms with Gasteiger partial charge in [0, 0.05) is 5.56 Å². The van der Waals surface area contributed by atoms with Gasteiger partial charge in [-0.15, -0.1) is 21.9 Å². The molecule has 22 heavy (non-hydrogen) atoms. The molecule has 112 valence electrons. The van der Waals surface area contributed by atoms with Crippen molar-refractivity contribution in [2.75, 3.05) is 0 Å². The maximum absolute atomic E-state index is 5.67. The van der Waals surface area contributed by atoms with Gasteiger partial charge < -0.3 is 4.42 Å². The minimum absolute atomic E-state index is 0.510. The van der Waals surface area contributed by atoms with Gasteiger partial charge in [-0.3, -0.25) is 0 Å². The Morgan fingerprint density at radius 1 is 1.23 bits per heavy atom. The van der Waals surface area contributed by atoms with Crippen LogP contribution in [0.3, 0.4) is 0 Å². The largest absolute Gasteiger partial charge is 0.420 e. The lowest BCUT2D eigenvalue weighted by atomic mass is 10.1. The normalized spacial score (nSPS) is 10.8. The second-order valence-electron chi connectivity index (χ2n) is 4.59. The topological polar surface area (TPSA) is 82.5 Å². The lowest BCUT2D eigenvalue weighted by Gasteiger charge is -1.98. The highest BCUT2D eigenvalue weighted by atomic mass is 32.2. The number of allylic oxidation sites excluding steroid dienone is 1. The Labute approximate surface area is 131 Å². The molecule has 7 nitrogen and oxygen atoms in total. The zero-order chi connectivity index (χ0) is 15.4. The molecule has 0 radical (unpaired) electrons. The number of benzene rings is 1. The standard InChI is InChI=1S/C14H14N6OS/c1-3-8-20-14(17-18-19-20)22-9-12-15-16-13(21-12)11-6-4-10(2)5-7-11/h3-7H,1,8-9H2,2H3. The Hall–Kier alpha value is -2.48. The molecule has 0 fully saturated rings. The third-order valence-electron chi connectivity index (χ3n) is 2.89. The molecular weight excluding hydrogens is 300 g/mol. The first kappa shape index (κ1) is 14.5. The molecule has 0 N–H and O–H groups in total. The average Bonchev–Trinajstić information content (AvgIpc) is 3.16. The van der Waals surface area contributed by atoms with Crippen LogP contribution in [0.2, 0.25) is 0 Å². The summed E-state index contributed by atoms with van der Waals surface area (Å²) in [5.74, 6) is 1.56. The summed E-state index contributed by atoms with van der Waals surface area (Å²) < 4.78 is 7.33. The summed E-state index contributed by atoms with van der Waals surface area (Å²) in [6.45, 7) is 6.27. The smallest absolute Gasteiger partial charge is 0.247 e. The highest BCUT2D eigenvalue weighted by Crippen LogP contribution is 2.23. The highest BCUT2D eigenvalue weighted by Gasteiger charge is 2.11. The number of thioether (sulfide) groups is 1. The zero-order valence-electron chi connectivity index (χ0n) is 12.0. The molecule has 1 aromatic carbocycles. The second kappa shape index (κ2) is 6.52. The molecule has 0 unspecified atom stereocenters. The lowest BCUT2D eigenvalue weighted by molar-refractivity contribution is 0.528. The van der Waals surface area contributed by atoms with E-state index in [-0.39, 0.29) is 0 Å². The molecule has 8 heteroatoms. The first-order chi connectivity index (χ1) is 10.8. The van der Waals surface area contributed by atoms with Crippen molar-refractivity contribution in [3.05, 3.63) is 48.4 Å². The molecule has 2 aromatic heterocycles. The van der Waals surface area contributed by atoms with E-state index < -0.39 is 0 Å². The van der Waals surface area contributed by atoms with Gasteiger partial charge >= 0.3 is 0 Å². The van der Waals surface area contributed by atoms with Crippen LogP contribution in [0.4, 0.5) is 0 Å². The van der Waals surface area contributed by atoms with Gasteiger partial charge in [0.25, 0.3) is 0 Å². The predicted molar refractivity (Wildman–Crippen MR) is 82.0 cm³/mol. The fraction of sp³-hybridized carbons (Fsp3) is 0.214. The summed E-state index contributed by atoms with van der Waals surface area (Å²) in [5, 5.41) is 20.3. The van der Waals surface area contributed by atoms with E-state index in [1.165, 1.54) is 17.3 Å². The van der Waals surface area contributed by atoms with Crippen LogP contribution in [0.1, 0.15) is 11.5 Å². The van der Waals surface area contributed by atoms with Crippen molar-refractivity contribution in [2.45, 2.75) is 24.4 Å². The molecule has 0 aliphatic carbocycles. The van der Waals surface area contributed by atoms with Crippen LogP contribution in [0.15, 0.2) is 46.5 Å². The quantitative estimate of drug-likeness (QED) is 0.510. The Kier molecular flexibility index (Phi) is 4.29. The van der Waals surface area contributed by atoms with Gasteiger partial charge in [0.2, 0.25) is 16.9 Å². The summed E-state index contributed by atoms with van der Waals surface area (Å²) in [5.41, 5.74) is 2.10. The molecule has 0 aliphatic rings. The third kappa shape index (κ3) is 3.22. The molecule has 3 rings (SSSR count). The van der Waals surface area contributed by atoms with Crippen LogP contribution < -0.4 is 0 Å². The minimum atomic E-state index is 0.510. The highest BCUT2D eigenvalue weighted by molar-refractivity contribution is 7.98. The van der Waals surface area contributed by atoms with E-state index in [0.29, 0.717) is 29.2 Å². The fourth-order valence-corrected chi connectivity index (χ4v) is 2.51. The number of hydrogen-bond donors (Lipinski definition) is 0. The second-order valence-corrected chi connectivity index (χ2v) is 5.53. The van der Waals surface area contributed by atoms with Gasteiger partial charge in [0.1, 0.15) is 0 Å². The van der Waals surface area contributed by atoms with Crippen LogP contribution in [-0.4, -0.2) is 30.4 Å². The Morgan fingerprint density at radius 3 is 2.82 bits per heavy atom. The molecule has 0 spiro atoms. The average molecular weight is 314 g/mol. The van der Waals surface area contributed by atoms with Crippen LogP contribution in [-0.2, 0) is 12.3 Å². The maximum Gasteiger partial charge on any atom is 0.247 e. The van der Waals surface area contributed by atoms with E-state index in [4.69, 9.17) is 4.42 Å². The molecule has 3 aromatic rings. The number of tetrazole rings is 1. The van der Waals surface area contributed by atoms with Gasteiger partial charge in [-0.05, 0) is 29.5 Å². The van der Waals surface area contributed by atoms with Crippen LogP contribution in [0.25, 0.3) is 11.5 Å². The van der Waals surface area contributed by atoms with E-state index in [1.54, 1.807) is 10.8 Å². The summed E-state index contributed by atoms with van der Waals surface area (Å²) >= 11 is 1.44. The van der Waals surface area contributed by atoms with Crippen LogP contribution >= 0.6 is 11.8 Å². The number of aryl methyl sites for hydroxylation is 1. The Bertz CT molecular complexity index is 764. The van der Waals surface area contributed by atoms with E-state index in [9.17, 15) is 0 Å². The Balaban J connectivity index is 1.68. The van der Waals surface area contributed by atoms with Crippen molar-refractivity contribution in [3.63, 3.8) is 0 Å². The molecule has 0 bridgehead atoms. The van der Waals surface area contributed by atoms with E-state index >= 15 is 0 Å². The van der Waals surface area contributed by atoms with Crippen molar-refractivity contribution in [3.8, 4) is 11.5 Å². The molecule has 0 saturated carbocycles.